The SMILES string of the molecule is Cc1nc2ccccc2c(C)c1C(=O)O[C@H](C)C(=O)Nc1cc(Cl)ccc1Cl. The molecule has 0 saturated heterocycles. The predicted octanol–water partition coefficient (Wildman–Crippen LogP) is 5.34. The molecule has 28 heavy (non-hydrogen) atoms. The normalized spacial score (nSPS) is 11.9. The van der Waals surface area contributed by atoms with Crippen LogP contribution in [0.5, 0.6) is 0 Å². The van der Waals surface area contributed by atoms with Crippen LogP contribution in [0, 0.1) is 13.8 Å². The van der Waals surface area contributed by atoms with Crippen molar-refractivity contribution in [1.29, 1.82) is 0 Å². The highest BCUT2D eigenvalue weighted by molar-refractivity contribution is 6.35. The van der Waals surface area contributed by atoms with Gasteiger partial charge in [-0.3, -0.25) is 9.78 Å². The zero-order valence-corrected chi connectivity index (χ0v) is 17.1. The smallest absolute Gasteiger partial charge is 0.341 e. The summed E-state index contributed by atoms with van der Waals surface area (Å²) in [7, 11) is 0. The van der Waals surface area contributed by atoms with E-state index in [1.54, 1.807) is 19.1 Å². The van der Waals surface area contributed by atoms with Crippen LogP contribution in [0.15, 0.2) is 42.5 Å². The highest BCUT2D eigenvalue weighted by Crippen LogP contribution is 2.26. The number of rotatable bonds is 4. The summed E-state index contributed by atoms with van der Waals surface area (Å²) >= 11 is 12.0. The number of carbonyl (C=O) groups excluding carboxylic acids is 2. The fraction of sp³-hybridized carbons (Fsp3) is 0.190. The standard InChI is InChI=1S/C21H18Cl2N2O3/c1-11-15-6-4-5-7-17(15)24-12(2)19(11)21(27)28-13(3)20(26)25-18-10-14(22)8-9-16(18)23/h4-10,13H,1-3H3,(H,25,26)/t13-/m1/s1. The number of hydrogen-bond acceptors (Lipinski definition) is 4. The molecule has 1 aromatic heterocycles. The Bertz CT molecular complexity index is 1080. The Balaban J connectivity index is 1.80. The molecule has 0 spiro atoms. The molecule has 0 aliphatic rings. The van der Waals surface area contributed by atoms with Crippen molar-refractivity contribution in [3.63, 3.8) is 0 Å². The number of para-hydroxylation sites is 1. The molecule has 2 aromatic carbocycles. The van der Waals surface area contributed by atoms with Gasteiger partial charge in [0.1, 0.15) is 0 Å². The largest absolute Gasteiger partial charge is 0.449 e. The summed E-state index contributed by atoms with van der Waals surface area (Å²) in [5, 5.41) is 4.25. The Kier molecular flexibility index (Phi) is 5.87. The van der Waals surface area contributed by atoms with Gasteiger partial charge in [0.25, 0.3) is 5.91 Å². The van der Waals surface area contributed by atoms with E-state index in [9.17, 15) is 9.59 Å². The molecule has 0 unspecified atom stereocenters. The Labute approximate surface area is 172 Å². The van der Waals surface area contributed by atoms with Crippen molar-refractivity contribution in [2.75, 3.05) is 5.32 Å². The van der Waals surface area contributed by atoms with Crippen molar-refractivity contribution < 1.29 is 14.3 Å². The number of anilines is 1. The number of amides is 1. The number of nitrogens with zero attached hydrogens (tertiary/aromatic N) is 1. The Morgan fingerprint density at radius 3 is 2.57 bits per heavy atom. The predicted molar refractivity (Wildman–Crippen MR) is 111 cm³/mol. The number of esters is 1. The quantitative estimate of drug-likeness (QED) is 0.582. The van der Waals surface area contributed by atoms with Gasteiger partial charge in [-0.2, -0.15) is 0 Å². The number of nitrogens with one attached hydrogen (secondary N) is 1. The molecule has 144 valence electrons. The van der Waals surface area contributed by atoms with Crippen molar-refractivity contribution in [1.82, 2.24) is 4.98 Å². The Hall–Kier alpha value is -2.63. The first-order valence-electron chi connectivity index (χ1n) is 8.60. The summed E-state index contributed by atoms with van der Waals surface area (Å²) in [6, 6.07) is 12.3. The fourth-order valence-corrected chi connectivity index (χ4v) is 3.27. The molecule has 7 heteroatoms. The van der Waals surface area contributed by atoms with E-state index in [0.29, 0.717) is 27.0 Å². The number of carbonyl (C=O) groups is 2. The summed E-state index contributed by atoms with van der Waals surface area (Å²) in [5.41, 5.74) is 2.82. The average molecular weight is 417 g/mol. The van der Waals surface area contributed by atoms with Crippen LogP contribution >= 0.6 is 23.2 Å². The molecule has 0 bridgehead atoms. The fourth-order valence-electron chi connectivity index (χ4n) is 2.93. The molecule has 0 radical (unpaired) electrons. The topological polar surface area (TPSA) is 68.3 Å². The van der Waals surface area contributed by atoms with Gasteiger partial charge in [0.15, 0.2) is 6.10 Å². The van der Waals surface area contributed by atoms with Gasteiger partial charge in [-0.15, -0.1) is 0 Å². The molecule has 1 N–H and O–H groups in total. The monoisotopic (exact) mass is 416 g/mol. The van der Waals surface area contributed by atoms with Crippen molar-refractivity contribution >= 4 is 51.7 Å². The summed E-state index contributed by atoms with van der Waals surface area (Å²) in [6.45, 7) is 5.07. The lowest BCUT2D eigenvalue weighted by molar-refractivity contribution is -0.123. The third kappa shape index (κ3) is 4.11. The zero-order valence-electron chi connectivity index (χ0n) is 15.5. The van der Waals surface area contributed by atoms with Crippen LogP contribution in [0.25, 0.3) is 10.9 Å². The van der Waals surface area contributed by atoms with Crippen LogP contribution in [0.1, 0.15) is 28.5 Å². The van der Waals surface area contributed by atoms with Gasteiger partial charge in [-0.1, -0.05) is 41.4 Å². The number of ether oxygens (including phenoxy) is 1. The number of pyridine rings is 1. The zero-order chi connectivity index (χ0) is 20.4. The third-order valence-corrected chi connectivity index (χ3v) is 4.94. The summed E-state index contributed by atoms with van der Waals surface area (Å²) in [4.78, 5) is 29.6. The maximum Gasteiger partial charge on any atom is 0.341 e. The second-order valence-corrected chi connectivity index (χ2v) is 7.22. The Morgan fingerprint density at radius 1 is 1.11 bits per heavy atom. The van der Waals surface area contributed by atoms with Crippen LogP contribution in [0.4, 0.5) is 5.69 Å². The number of benzene rings is 2. The molecule has 0 aliphatic carbocycles. The number of halogens is 2. The molecule has 5 nitrogen and oxygen atoms in total. The van der Waals surface area contributed by atoms with Gasteiger partial charge in [-0.05, 0) is 50.6 Å². The van der Waals surface area contributed by atoms with Crippen molar-refractivity contribution in [3.05, 3.63) is 69.3 Å². The molecule has 3 rings (SSSR count). The van der Waals surface area contributed by atoms with Gasteiger partial charge in [0, 0.05) is 10.4 Å². The van der Waals surface area contributed by atoms with Crippen LogP contribution < -0.4 is 5.32 Å². The van der Waals surface area contributed by atoms with Crippen molar-refractivity contribution in [2.24, 2.45) is 0 Å². The van der Waals surface area contributed by atoms with Crippen LogP contribution in [0.2, 0.25) is 10.0 Å². The number of fused-ring (bicyclic) bond motifs is 1. The van der Waals surface area contributed by atoms with Crippen LogP contribution in [0.3, 0.4) is 0 Å². The van der Waals surface area contributed by atoms with E-state index in [1.165, 1.54) is 13.0 Å². The first-order chi connectivity index (χ1) is 13.3. The minimum absolute atomic E-state index is 0.335. The Morgan fingerprint density at radius 2 is 1.82 bits per heavy atom. The minimum atomic E-state index is -1.03. The molecule has 0 aliphatic heterocycles. The number of hydrogen-bond donors (Lipinski definition) is 1. The molecule has 1 atom stereocenters. The molecular weight excluding hydrogens is 399 g/mol. The molecule has 1 amide bonds. The first-order valence-corrected chi connectivity index (χ1v) is 9.36. The van der Waals surface area contributed by atoms with E-state index in [-0.39, 0.29) is 0 Å². The van der Waals surface area contributed by atoms with E-state index < -0.39 is 18.0 Å². The van der Waals surface area contributed by atoms with Crippen molar-refractivity contribution in [2.45, 2.75) is 26.9 Å². The molecule has 1 heterocycles. The summed E-state index contributed by atoms with van der Waals surface area (Å²) in [6.07, 6.45) is -1.03. The number of aryl methyl sites for hydroxylation is 2. The minimum Gasteiger partial charge on any atom is -0.449 e. The van der Waals surface area contributed by atoms with Gasteiger partial charge in [0.05, 0.1) is 27.5 Å². The van der Waals surface area contributed by atoms with Crippen LogP contribution in [-0.2, 0) is 9.53 Å². The molecular formula is C21H18Cl2N2O3. The maximum absolute atomic E-state index is 12.7. The van der Waals surface area contributed by atoms with E-state index in [4.69, 9.17) is 27.9 Å². The lowest BCUT2D eigenvalue weighted by Crippen LogP contribution is -2.30. The second-order valence-electron chi connectivity index (χ2n) is 6.38. The highest BCUT2D eigenvalue weighted by Gasteiger charge is 2.23. The maximum atomic E-state index is 12.7. The average Bonchev–Trinajstić information content (AvgIpc) is 2.64. The van der Waals surface area contributed by atoms with E-state index >= 15 is 0 Å². The van der Waals surface area contributed by atoms with E-state index in [1.807, 2.05) is 31.2 Å². The van der Waals surface area contributed by atoms with Crippen molar-refractivity contribution in [3.8, 4) is 0 Å². The summed E-state index contributed by atoms with van der Waals surface area (Å²) in [5.74, 6) is -1.12. The van der Waals surface area contributed by atoms with Gasteiger partial charge < -0.3 is 10.1 Å². The number of aromatic nitrogens is 1. The molecule has 0 saturated carbocycles. The lowest BCUT2D eigenvalue weighted by Gasteiger charge is -2.16. The lowest BCUT2D eigenvalue weighted by atomic mass is 10.0. The summed E-state index contributed by atoms with van der Waals surface area (Å²) < 4.78 is 5.38. The van der Waals surface area contributed by atoms with Gasteiger partial charge in [-0.25, -0.2) is 4.79 Å². The molecule has 0 fully saturated rings. The van der Waals surface area contributed by atoms with E-state index in [0.717, 1.165) is 16.5 Å². The van der Waals surface area contributed by atoms with E-state index in [2.05, 4.69) is 10.3 Å². The van der Waals surface area contributed by atoms with Gasteiger partial charge >= 0.3 is 5.97 Å². The van der Waals surface area contributed by atoms with Crippen LogP contribution in [-0.4, -0.2) is 23.0 Å². The first kappa shape index (κ1) is 20.1. The van der Waals surface area contributed by atoms with Gasteiger partial charge in [0.2, 0.25) is 0 Å². The highest BCUT2D eigenvalue weighted by atomic mass is 35.5. The molecule has 3 aromatic rings. The second kappa shape index (κ2) is 8.17. The third-order valence-electron chi connectivity index (χ3n) is 4.38.